The van der Waals surface area contributed by atoms with E-state index in [1.807, 2.05) is 35.2 Å². The van der Waals surface area contributed by atoms with E-state index in [0.717, 1.165) is 22.2 Å². The molecule has 0 radical (unpaired) electrons. The van der Waals surface area contributed by atoms with Crippen LogP contribution in [0.25, 0.3) is 10.9 Å². The van der Waals surface area contributed by atoms with Crippen molar-refractivity contribution in [3.63, 3.8) is 0 Å². The number of nitrogens with zero attached hydrogens (tertiary/aromatic N) is 2. The molecule has 2 aromatic rings. The third-order valence-electron chi connectivity index (χ3n) is 4.71. The summed E-state index contributed by atoms with van der Waals surface area (Å²) >= 11 is 0. The fraction of sp³-hybridized carbons (Fsp3) is 0.444. The van der Waals surface area contributed by atoms with E-state index in [0.29, 0.717) is 31.8 Å². The zero-order valence-electron chi connectivity index (χ0n) is 12.5. The molecule has 1 aromatic heterocycles. The van der Waals surface area contributed by atoms with E-state index in [4.69, 9.17) is 4.98 Å². The Bertz CT molecular complexity index is 716. The Morgan fingerprint density at radius 2 is 1.86 bits per heavy atom. The Labute approximate surface area is 129 Å². The molecule has 0 bridgehead atoms. The number of carbonyl (C=O) groups is 1. The number of aliphatic hydroxyl groups excluding tert-OH is 1. The van der Waals surface area contributed by atoms with Gasteiger partial charge in [-0.15, -0.1) is 0 Å². The van der Waals surface area contributed by atoms with Gasteiger partial charge in [-0.25, -0.2) is 0 Å². The lowest BCUT2D eigenvalue weighted by molar-refractivity contribution is 0.0548. The molecule has 1 aromatic carbocycles. The second-order valence-electron chi connectivity index (χ2n) is 6.41. The number of hydrogen-bond acceptors (Lipinski definition) is 3. The molecule has 1 N–H and O–H groups in total. The first kappa shape index (κ1) is 13.7. The van der Waals surface area contributed by atoms with Crippen LogP contribution in [0.4, 0.5) is 0 Å². The molecular weight excluding hydrogens is 276 g/mol. The Kier molecular flexibility index (Phi) is 3.34. The molecule has 1 aliphatic carbocycles. The lowest BCUT2D eigenvalue weighted by atomic mass is 10.0. The molecule has 0 spiro atoms. The molecule has 4 heteroatoms. The summed E-state index contributed by atoms with van der Waals surface area (Å²) in [4.78, 5) is 19.5. The molecule has 1 amide bonds. The second-order valence-corrected chi connectivity index (χ2v) is 6.41. The largest absolute Gasteiger partial charge is 0.393 e. The van der Waals surface area contributed by atoms with Crippen molar-refractivity contribution < 1.29 is 9.90 Å². The molecule has 2 fully saturated rings. The number of carbonyl (C=O) groups excluding carboxylic acids is 1. The molecule has 1 saturated heterocycles. The first-order valence-electron chi connectivity index (χ1n) is 8.09. The van der Waals surface area contributed by atoms with Crippen molar-refractivity contribution in [2.45, 2.75) is 37.7 Å². The van der Waals surface area contributed by atoms with E-state index in [9.17, 15) is 9.90 Å². The number of fused-ring (bicyclic) bond motifs is 1. The summed E-state index contributed by atoms with van der Waals surface area (Å²) < 4.78 is 0. The summed E-state index contributed by atoms with van der Waals surface area (Å²) in [7, 11) is 0. The van der Waals surface area contributed by atoms with Crippen molar-refractivity contribution in [3.8, 4) is 0 Å². The monoisotopic (exact) mass is 296 g/mol. The number of pyridine rings is 1. The summed E-state index contributed by atoms with van der Waals surface area (Å²) in [6.07, 6.45) is 3.43. The van der Waals surface area contributed by atoms with Crippen LogP contribution in [0.5, 0.6) is 0 Å². The number of para-hydroxylation sites is 1. The first-order valence-corrected chi connectivity index (χ1v) is 8.09. The summed E-state index contributed by atoms with van der Waals surface area (Å²) in [6, 6.07) is 9.88. The smallest absolute Gasteiger partial charge is 0.254 e. The molecular formula is C18H20N2O2. The molecule has 1 saturated carbocycles. The van der Waals surface area contributed by atoms with Crippen molar-refractivity contribution in [1.82, 2.24) is 9.88 Å². The maximum Gasteiger partial charge on any atom is 0.254 e. The van der Waals surface area contributed by atoms with Gasteiger partial charge in [0.2, 0.25) is 0 Å². The van der Waals surface area contributed by atoms with Crippen LogP contribution in [0.3, 0.4) is 0 Å². The topological polar surface area (TPSA) is 53.4 Å². The number of hydrogen-bond donors (Lipinski definition) is 1. The van der Waals surface area contributed by atoms with E-state index < -0.39 is 0 Å². The molecule has 22 heavy (non-hydrogen) atoms. The van der Waals surface area contributed by atoms with Crippen LogP contribution in [-0.4, -0.2) is 40.1 Å². The molecule has 4 rings (SSSR count). The SMILES string of the molecule is O=C(c1cc(C2CC2)nc2ccccc12)N1CCC(O)CC1. The van der Waals surface area contributed by atoms with Gasteiger partial charge in [-0.2, -0.15) is 0 Å². The predicted molar refractivity (Wildman–Crippen MR) is 84.9 cm³/mol. The average Bonchev–Trinajstić information content (AvgIpc) is 3.39. The first-order chi connectivity index (χ1) is 10.7. The van der Waals surface area contributed by atoms with Crippen LogP contribution in [-0.2, 0) is 0 Å². The number of aliphatic hydroxyl groups is 1. The Morgan fingerprint density at radius 3 is 2.59 bits per heavy atom. The minimum absolute atomic E-state index is 0.0763. The second kappa shape index (κ2) is 5.36. The van der Waals surface area contributed by atoms with Crippen LogP contribution in [0.2, 0.25) is 0 Å². The van der Waals surface area contributed by atoms with Gasteiger partial charge in [0.05, 0.1) is 17.2 Å². The van der Waals surface area contributed by atoms with Crippen LogP contribution < -0.4 is 0 Å². The van der Waals surface area contributed by atoms with Crippen molar-refractivity contribution in [1.29, 1.82) is 0 Å². The normalized spacial score (nSPS) is 19.6. The highest BCUT2D eigenvalue weighted by Crippen LogP contribution is 2.40. The number of rotatable bonds is 2. The van der Waals surface area contributed by atoms with Gasteiger partial charge in [-0.3, -0.25) is 9.78 Å². The molecule has 2 heterocycles. The molecule has 114 valence electrons. The zero-order valence-corrected chi connectivity index (χ0v) is 12.5. The van der Waals surface area contributed by atoms with Gasteiger partial charge in [-0.1, -0.05) is 18.2 Å². The lowest BCUT2D eigenvalue weighted by Crippen LogP contribution is -2.40. The Hall–Kier alpha value is -1.94. The predicted octanol–water partition coefficient (Wildman–Crippen LogP) is 2.71. The zero-order chi connectivity index (χ0) is 15.1. The Morgan fingerprint density at radius 1 is 1.14 bits per heavy atom. The van der Waals surface area contributed by atoms with Gasteiger partial charge in [-0.05, 0) is 37.8 Å². The number of piperidine rings is 1. The fourth-order valence-electron chi connectivity index (χ4n) is 3.20. The van der Waals surface area contributed by atoms with Gasteiger partial charge in [0.15, 0.2) is 0 Å². The van der Waals surface area contributed by atoms with Crippen molar-refractivity contribution in [3.05, 3.63) is 41.6 Å². The van der Waals surface area contributed by atoms with Gasteiger partial charge in [0.1, 0.15) is 0 Å². The van der Waals surface area contributed by atoms with Crippen LogP contribution >= 0.6 is 0 Å². The van der Waals surface area contributed by atoms with Gasteiger partial charge < -0.3 is 10.0 Å². The maximum atomic E-state index is 12.9. The molecule has 1 aliphatic heterocycles. The minimum atomic E-state index is -0.264. The summed E-state index contributed by atoms with van der Waals surface area (Å²) in [5.41, 5.74) is 2.73. The van der Waals surface area contributed by atoms with Crippen molar-refractivity contribution in [2.75, 3.05) is 13.1 Å². The highest BCUT2D eigenvalue weighted by molar-refractivity contribution is 6.06. The summed E-state index contributed by atoms with van der Waals surface area (Å²) in [5, 5.41) is 10.6. The van der Waals surface area contributed by atoms with E-state index in [2.05, 4.69) is 0 Å². The van der Waals surface area contributed by atoms with E-state index in [1.54, 1.807) is 0 Å². The Balaban J connectivity index is 1.74. The van der Waals surface area contributed by atoms with Crippen molar-refractivity contribution in [2.24, 2.45) is 0 Å². The highest BCUT2D eigenvalue weighted by atomic mass is 16.3. The van der Waals surface area contributed by atoms with E-state index in [1.165, 1.54) is 12.8 Å². The summed E-state index contributed by atoms with van der Waals surface area (Å²) in [6.45, 7) is 1.27. The van der Waals surface area contributed by atoms with Gasteiger partial charge >= 0.3 is 0 Å². The number of amides is 1. The van der Waals surface area contributed by atoms with Crippen molar-refractivity contribution >= 4 is 16.8 Å². The lowest BCUT2D eigenvalue weighted by Gasteiger charge is -2.30. The summed E-state index contributed by atoms with van der Waals surface area (Å²) in [5.74, 6) is 0.603. The number of likely N-dealkylation sites (tertiary alicyclic amines) is 1. The van der Waals surface area contributed by atoms with Crippen LogP contribution in [0.1, 0.15) is 47.7 Å². The third-order valence-corrected chi connectivity index (χ3v) is 4.71. The van der Waals surface area contributed by atoms with E-state index >= 15 is 0 Å². The molecule has 0 unspecified atom stereocenters. The van der Waals surface area contributed by atoms with Crippen LogP contribution in [0.15, 0.2) is 30.3 Å². The van der Waals surface area contributed by atoms with E-state index in [-0.39, 0.29) is 12.0 Å². The molecule has 2 aliphatic rings. The van der Waals surface area contributed by atoms with Gasteiger partial charge in [0, 0.05) is 30.1 Å². The fourth-order valence-corrected chi connectivity index (χ4v) is 3.20. The maximum absolute atomic E-state index is 12.9. The average molecular weight is 296 g/mol. The standard InChI is InChI=1S/C18H20N2O2/c21-13-7-9-20(10-8-13)18(22)15-11-17(12-5-6-12)19-16-4-2-1-3-14(15)16/h1-4,11-13,21H,5-10H2. The molecule has 4 nitrogen and oxygen atoms in total. The third kappa shape index (κ3) is 2.48. The number of benzene rings is 1. The minimum Gasteiger partial charge on any atom is -0.393 e. The molecule has 0 atom stereocenters. The van der Waals surface area contributed by atoms with Gasteiger partial charge in [0.25, 0.3) is 5.91 Å². The highest BCUT2D eigenvalue weighted by Gasteiger charge is 2.29. The quantitative estimate of drug-likeness (QED) is 0.927. The van der Waals surface area contributed by atoms with Crippen LogP contribution in [0, 0.1) is 0 Å². The number of aromatic nitrogens is 1.